The molecule has 2 aromatic heterocycles. The van der Waals surface area contributed by atoms with E-state index in [1.165, 1.54) is 18.5 Å². The molecular weight excluding hydrogens is 423 g/mol. The number of terminal acetylenes is 1. The third kappa shape index (κ3) is 4.20. The minimum atomic E-state index is -4.50. The Balaban J connectivity index is 0.00000141. The van der Waals surface area contributed by atoms with Gasteiger partial charge in [0.15, 0.2) is 0 Å². The summed E-state index contributed by atoms with van der Waals surface area (Å²) >= 11 is 0. The van der Waals surface area contributed by atoms with Crippen molar-refractivity contribution in [2.24, 2.45) is 0 Å². The normalized spacial score (nSPS) is 13.8. The molecule has 1 amide bonds. The van der Waals surface area contributed by atoms with Crippen LogP contribution in [0.1, 0.15) is 35.3 Å². The van der Waals surface area contributed by atoms with Gasteiger partial charge in [0.2, 0.25) is 5.91 Å². The number of nitrogens with two attached hydrogens (primary N) is 1. The summed E-state index contributed by atoms with van der Waals surface area (Å²) in [5, 5.41) is 11.0. The molecule has 8 nitrogen and oxygen atoms in total. The highest BCUT2D eigenvalue weighted by molar-refractivity contribution is 5.87. The van der Waals surface area contributed by atoms with E-state index < -0.39 is 17.8 Å². The Bertz CT molecular complexity index is 1200. The molecule has 166 valence electrons. The maximum atomic E-state index is 13.2. The molecule has 0 bridgehead atoms. The molecule has 0 saturated heterocycles. The molecule has 3 aromatic rings. The van der Waals surface area contributed by atoms with Gasteiger partial charge >= 0.3 is 6.18 Å². The van der Waals surface area contributed by atoms with E-state index in [0.29, 0.717) is 23.7 Å². The lowest BCUT2D eigenvalue weighted by molar-refractivity contribution is -0.137. The van der Waals surface area contributed by atoms with E-state index in [1.54, 1.807) is 16.2 Å². The van der Waals surface area contributed by atoms with Gasteiger partial charge in [-0.2, -0.15) is 18.2 Å². The Morgan fingerprint density at radius 2 is 2.03 bits per heavy atom. The maximum Gasteiger partial charge on any atom is 0.416 e. The second-order valence-corrected chi connectivity index (χ2v) is 7.04. The van der Waals surface area contributed by atoms with Crippen LogP contribution in [0, 0.1) is 12.8 Å². The van der Waals surface area contributed by atoms with Gasteiger partial charge in [0.1, 0.15) is 12.1 Å². The summed E-state index contributed by atoms with van der Waals surface area (Å²) in [6.07, 6.45) is 6.23. The van der Waals surface area contributed by atoms with Gasteiger partial charge < -0.3 is 16.0 Å². The van der Waals surface area contributed by atoms with Crippen LogP contribution in [0.4, 0.5) is 24.7 Å². The SMILES string of the molecule is C#C.C=CC(=O)N1Cc2c(NC(C)c3cc(N)cc(C(F)(F)F)c3)nc3nncn3c2C1. The zero-order valence-electron chi connectivity index (χ0n) is 17.1. The summed E-state index contributed by atoms with van der Waals surface area (Å²) in [6, 6.07) is 2.89. The number of hydrogen-bond donors (Lipinski definition) is 2. The number of halogens is 3. The molecule has 0 aliphatic carbocycles. The first kappa shape index (κ1) is 22.6. The van der Waals surface area contributed by atoms with Crippen LogP contribution in [0.3, 0.4) is 0 Å². The predicted molar refractivity (Wildman–Crippen MR) is 113 cm³/mol. The van der Waals surface area contributed by atoms with Crippen molar-refractivity contribution in [1.29, 1.82) is 0 Å². The molecule has 0 saturated carbocycles. The van der Waals surface area contributed by atoms with E-state index in [9.17, 15) is 18.0 Å². The molecule has 4 rings (SSSR count). The molecule has 3 N–H and O–H groups in total. The fraction of sp³-hybridized carbons (Fsp3) is 0.238. The summed E-state index contributed by atoms with van der Waals surface area (Å²) in [7, 11) is 0. The molecule has 32 heavy (non-hydrogen) atoms. The molecule has 0 fully saturated rings. The third-order valence-electron chi connectivity index (χ3n) is 5.00. The predicted octanol–water partition coefficient (Wildman–Crippen LogP) is 3.18. The minimum Gasteiger partial charge on any atom is -0.399 e. The highest BCUT2D eigenvalue weighted by Crippen LogP contribution is 2.35. The smallest absolute Gasteiger partial charge is 0.399 e. The van der Waals surface area contributed by atoms with Gasteiger partial charge in [-0.3, -0.25) is 9.20 Å². The molecule has 0 radical (unpaired) electrons. The Hall–Kier alpha value is -4.07. The Labute approximate surface area is 182 Å². The summed E-state index contributed by atoms with van der Waals surface area (Å²) < 4.78 is 41.2. The summed E-state index contributed by atoms with van der Waals surface area (Å²) in [5.41, 5.74) is 6.76. The number of fused-ring (bicyclic) bond motifs is 3. The van der Waals surface area contributed by atoms with Crippen LogP contribution >= 0.6 is 0 Å². The van der Waals surface area contributed by atoms with E-state index in [0.717, 1.165) is 23.4 Å². The quantitative estimate of drug-likeness (QED) is 0.365. The number of nitrogens with zero attached hydrogens (tertiary/aromatic N) is 5. The number of alkyl halides is 3. The van der Waals surface area contributed by atoms with Crippen molar-refractivity contribution in [1.82, 2.24) is 24.5 Å². The van der Waals surface area contributed by atoms with Crippen LogP contribution < -0.4 is 11.1 Å². The number of nitrogen functional groups attached to an aromatic ring is 1. The number of nitrogens with one attached hydrogen (secondary N) is 1. The standard InChI is InChI=1S/C19H18F3N7O.C2H2/c1-3-16(30)28-7-14-15(8-28)29-9-24-27-18(29)26-17(14)25-10(2)11-4-12(19(20,21)22)6-13(23)5-11;1-2/h3-6,9-10H,1,7-8,23H2,2H3,(H,25,26,27);1-2H. The second-order valence-electron chi connectivity index (χ2n) is 7.04. The molecule has 1 unspecified atom stereocenters. The molecular formula is C21H20F3N7O. The van der Waals surface area contributed by atoms with Crippen molar-refractivity contribution >= 4 is 23.2 Å². The van der Waals surface area contributed by atoms with Crippen molar-refractivity contribution in [2.45, 2.75) is 32.2 Å². The molecule has 1 aromatic carbocycles. The monoisotopic (exact) mass is 443 g/mol. The zero-order chi connectivity index (χ0) is 23.6. The Morgan fingerprint density at radius 3 is 2.69 bits per heavy atom. The lowest BCUT2D eigenvalue weighted by Crippen LogP contribution is -2.23. The zero-order valence-corrected chi connectivity index (χ0v) is 17.1. The fourth-order valence-electron chi connectivity index (χ4n) is 3.49. The van der Waals surface area contributed by atoms with E-state index >= 15 is 0 Å². The first-order chi connectivity index (χ1) is 15.2. The Kier molecular flexibility index (Phi) is 6.06. The van der Waals surface area contributed by atoms with Crippen LogP contribution in [0.25, 0.3) is 5.78 Å². The fourth-order valence-corrected chi connectivity index (χ4v) is 3.49. The average molecular weight is 443 g/mol. The van der Waals surface area contributed by atoms with Gasteiger partial charge in [-0.05, 0) is 36.8 Å². The number of carbonyl (C=O) groups excluding carboxylic acids is 1. The second kappa shape index (κ2) is 8.58. The van der Waals surface area contributed by atoms with Gasteiger partial charge in [0, 0.05) is 11.3 Å². The van der Waals surface area contributed by atoms with Crippen molar-refractivity contribution in [2.75, 3.05) is 11.1 Å². The van der Waals surface area contributed by atoms with Crippen LogP contribution in [0.15, 0.2) is 37.2 Å². The largest absolute Gasteiger partial charge is 0.416 e. The van der Waals surface area contributed by atoms with Gasteiger partial charge in [-0.1, -0.05) is 6.58 Å². The number of carbonyl (C=O) groups is 1. The molecule has 1 atom stereocenters. The number of anilines is 2. The van der Waals surface area contributed by atoms with E-state index in [-0.39, 0.29) is 18.1 Å². The van der Waals surface area contributed by atoms with Gasteiger partial charge in [-0.15, -0.1) is 23.0 Å². The topological polar surface area (TPSA) is 101 Å². The number of benzene rings is 1. The first-order valence-electron chi connectivity index (χ1n) is 9.37. The van der Waals surface area contributed by atoms with Crippen molar-refractivity contribution in [3.8, 4) is 12.8 Å². The van der Waals surface area contributed by atoms with Crippen LogP contribution in [-0.4, -0.2) is 30.4 Å². The van der Waals surface area contributed by atoms with E-state index in [2.05, 4.69) is 39.9 Å². The number of amides is 1. The molecule has 3 heterocycles. The van der Waals surface area contributed by atoms with Crippen molar-refractivity contribution in [3.05, 3.63) is 59.6 Å². The van der Waals surface area contributed by atoms with E-state index in [4.69, 9.17) is 5.73 Å². The third-order valence-corrected chi connectivity index (χ3v) is 5.00. The Morgan fingerprint density at radius 1 is 1.31 bits per heavy atom. The summed E-state index contributed by atoms with van der Waals surface area (Å²) in [4.78, 5) is 18.1. The van der Waals surface area contributed by atoms with Gasteiger partial charge in [0.05, 0.1) is 30.4 Å². The van der Waals surface area contributed by atoms with Crippen LogP contribution in [0.2, 0.25) is 0 Å². The van der Waals surface area contributed by atoms with Crippen molar-refractivity contribution < 1.29 is 18.0 Å². The van der Waals surface area contributed by atoms with Crippen LogP contribution in [0.5, 0.6) is 0 Å². The highest BCUT2D eigenvalue weighted by Gasteiger charge is 2.32. The molecule has 1 aliphatic rings. The molecule has 1 aliphatic heterocycles. The van der Waals surface area contributed by atoms with E-state index in [1.807, 2.05) is 0 Å². The first-order valence-corrected chi connectivity index (χ1v) is 9.37. The molecule has 11 heteroatoms. The molecule has 0 spiro atoms. The lowest BCUT2D eigenvalue weighted by atomic mass is 10.0. The number of rotatable bonds is 4. The maximum absolute atomic E-state index is 13.2. The highest BCUT2D eigenvalue weighted by atomic mass is 19.4. The lowest BCUT2D eigenvalue weighted by Gasteiger charge is -2.19. The minimum absolute atomic E-state index is 0.0160. The average Bonchev–Trinajstić information content (AvgIpc) is 3.40. The number of hydrogen-bond acceptors (Lipinski definition) is 6. The van der Waals surface area contributed by atoms with Crippen molar-refractivity contribution in [3.63, 3.8) is 0 Å². The van der Waals surface area contributed by atoms with Gasteiger partial charge in [0.25, 0.3) is 5.78 Å². The van der Waals surface area contributed by atoms with Gasteiger partial charge in [-0.25, -0.2) is 0 Å². The number of aromatic nitrogens is 4. The van der Waals surface area contributed by atoms with Crippen LogP contribution in [-0.2, 0) is 24.1 Å². The summed E-state index contributed by atoms with van der Waals surface area (Å²) in [5.74, 6) is 0.505. The summed E-state index contributed by atoms with van der Waals surface area (Å²) in [6.45, 7) is 5.81.